The standard InChI is InChI=1S/C28H25ClF3NO6S/c29-21-5-1-3-18(13-21)19-7-8-25-24(14-19)33(40(36,37)23-6-2-4-20(15-23)28(30,31)32)17-22(39-25)16-27(26(34)35)9-11-38-12-10-27/h1-8,13-15,22H,9-12,16-17H2,(H,34,35)/t22-/m0/s1. The fraction of sp³-hybridized carbons (Fsp3) is 0.321. The molecule has 0 spiro atoms. The van der Waals surface area contributed by atoms with Gasteiger partial charge in [-0.2, -0.15) is 13.2 Å². The monoisotopic (exact) mass is 595 g/mol. The van der Waals surface area contributed by atoms with Crippen LogP contribution in [0.4, 0.5) is 18.9 Å². The van der Waals surface area contributed by atoms with E-state index >= 15 is 0 Å². The van der Waals surface area contributed by atoms with Crippen molar-refractivity contribution in [3.63, 3.8) is 0 Å². The topological polar surface area (TPSA) is 93.1 Å². The number of carbonyl (C=O) groups is 1. The molecule has 2 aliphatic heterocycles. The van der Waals surface area contributed by atoms with E-state index in [-0.39, 0.29) is 50.5 Å². The normalized spacial score (nSPS) is 19.0. The molecule has 40 heavy (non-hydrogen) atoms. The summed E-state index contributed by atoms with van der Waals surface area (Å²) >= 11 is 6.14. The molecule has 7 nitrogen and oxygen atoms in total. The number of halogens is 4. The molecule has 212 valence electrons. The van der Waals surface area contributed by atoms with Crippen LogP contribution in [0, 0.1) is 5.41 Å². The first-order chi connectivity index (χ1) is 18.9. The Hall–Kier alpha value is -3.28. The fourth-order valence-corrected chi connectivity index (χ4v) is 6.89. The maximum Gasteiger partial charge on any atom is 0.416 e. The largest absolute Gasteiger partial charge is 0.486 e. The highest BCUT2D eigenvalue weighted by atomic mass is 35.5. The van der Waals surface area contributed by atoms with Crippen LogP contribution in [0.2, 0.25) is 5.02 Å². The first kappa shape index (κ1) is 28.3. The van der Waals surface area contributed by atoms with Gasteiger partial charge in [0.25, 0.3) is 10.0 Å². The first-order valence-corrected chi connectivity index (χ1v) is 14.3. The van der Waals surface area contributed by atoms with Gasteiger partial charge < -0.3 is 14.6 Å². The van der Waals surface area contributed by atoms with Crippen molar-refractivity contribution >= 4 is 33.3 Å². The van der Waals surface area contributed by atoms with Crippen LogP contribution in [0.5, 0.6) is 5.75 Å². The number of nitrogens with zero attached hydrogens (tertiary/aromatic N) is 1. The number of fused-ring (bicyclic) bond motifs is 1. The lowest BCUT2D eigenvalue weighted by Gasteiger charge is -2.40. The van der Waals surface area contributed by atoms with Gasteiger partial charge in [-0.15, -0.1) is 0 Å². The zero-order chi connectivity index (χ0) is 28.7. The van der Waals surface area contributed by atoms with E-state index in [9.17, 15) is 31.5 Å². The van der Waals surface area contributed by atoms with E-state index in [0.29, 0.717) is 22.2 Å². The molecule has 5 rings (SSSR count). The number of benzene rings is 3. The van der Waals surface area contributed by atoms with Crippen LogP contribution >= 0.6 is 11.6 Å². The molecule has 2 aliphatic rings. The van der Waals surface area contributed by atoms with Gasteiger partial charge in [0.1, 0.15) is 11.9 Å². The number of rotatable bonds is 6. The van der Waals surface area contributed by atoms with Crippen molar-refractivity contribution in [2.45, 2.75) is 36.4 Å². The third-order valence-electron chi connectivity index (χ3n) is 7.32. The lowest BCUT2D eigenvalue weighted by Crippen LogP contribution is -2.48. The van der Waals surface area contributed by atoms with Crippen LogP contribution in [-0.2, 0) is 25.7 Å². The Kier molecular flexibility index (Phi) is 7.49. The molecule has 1 atom stereocenters. The minimum atomic E-state index is -4.74. The van der Waals surface area contributed by atoms with Crippen molar-refractivity contribution in [2.24, 2.45) is 5.41 Å². The summed E-state index contributed by atoms with van der Waals surface area (Å²) in [5.41, 5.74) is -0.854. The maximum absolute atomic E-state index is 13.9. The molecule has 0 unspecified atom stereocenters. The molecule has 1 saturated heterocycles. The lowest BCUT2D eigenvalue weighted by molar-refractivity contribution is -0.157. The summed E-state index contributed by atoms with van der Waals surface area (Å²) in [6, 6.07) is 15.3. The molecule has 1 fully saturated rings. The number of ether oxygens (including phenoxy) is 2. The number of sulfonamides is 1. The summed E-state index contributed by atoms with van der Waals surface area (Å²) in [6.45, 7) is 0.191. The average Bonchev–Trinajstić information content (AvgIpc) is 2.92. The number of hydrogen-bond donors (Lipinski definition) is 1. The molecule has 0 aliphatic carbocycles. The summed E-state index contributed by atoms with van der Waals surface area (Å²) < 4.78 is 80.7. The Morgan fingerprint density at radius 1 is 1.02 bits per heavy atom. The lowest BCUT2D eigenvalue weighted by atomic mass is 9.75. The number of hydrogen-bond acceptors (Lipinski definition) is 5. The SMILES string of the molecule is O=C(O)C1(C[C@H]2CN(S(=O)(=O)c3cccc(C(F)(F)F)c3)c3cc(-c4cccc(Cl)c4)ccc3O2)CCOCC1. The van der Waals surface area contributed by atoms with Gasteiger partial charge in [-0.25, -0.2) is 8.42 Å². The molecular formula is C28H25ClF3NO6S. The van der Waals surface area contributed by atoms with Gasteiger partial charge >= 0.3 is 12.1 Å². The van der Waals surface area contributed by atoms with Crippen LogP contribution in [0.1, 0.15) is 24.8 Å². The molecule has 3 aromatic rings. The minimum absolute atomic E-state index is 0.00418. The Morgan fingerprint density at radius 3 is 2.40 bits per heavy atom. The minimum Gasteiger partial charge on any atom is -0.486 e. The van der Waals surface area contributed by atoms with E-state index in [1.807, 2.05) is 0 Å². The van der Waals surface area contributed by atoms with Gasteiger partial charge in [-0.3, -0.25) is 9.10 Å². The number of anilines is 1. The van der Waals surface area contributed by atoms with E-state index in [4.69, 9.17) is 21.1 Å². The molecule has 2 heterocycles. The van der Waals surface area contributed by atoms with Gasteiger partial charge in [-0.05, 0) is 66.4 Å². The van der Waals surface area contributed by atoms with E-state index in [1.165, 1.54) is 0 Å². The second kappa shape index (κ2) is 10.6. The van der Waals surface area contributed by atoms with E-state index in [0.717, 1.165) is 22.5 Å². The van der Waals surface area contributed by atoms with Crippen molar-refractivity contribution in [3.05, 3.63) is 77.3 Å². The summed E-state index contributed by atoms with van der Waals surface area (Å²) in [7, 11) is -4.52. The quantitative estimate of drug-likeness (QED) is 0.362. The Balaban J connectivity index is 1.59. The van der Waals surface area contributed by atoms with Gasteiger partial charge in [0.15, 0.2) is 0 Å². The molecule has 12 heteroatoms. The third kappa shape index (κ3) is 5.50. The molecule has 3 aromatic carbocycles. The van der Waals surface area contributed by atoms with Crippen LogP contribution in [0.15, 0.2) is 71.6 Å². The van der Waals surface area contributed by atoms with Crippen LogP contribution in [0.25, 0.3) is 11.1 Å². The fourth-order valence-electron chi connectivity index (χ4n) is 5.16. The molecule has 0 radical (unpaired) electrons. The number of alkyl halides is 3. The zero-order valence-electron chi connectivity index (χ0n) is 21.0. The smallest absolute Gasteiger partial charge is 0.416 e. The van der Waals surface area contributed by atoms with Crippen LogP contribution < -0.4 is 9.04 Å². The van der Waals surface area contributed by atoms with Crippen molar-refractivity contribution < 1.29 is 41.0 Å². The highest BCUT2D eigenvalue weighted by Crippen LogP contribution is 2.44. The molecule has 0 aromatic heterocycles. The third-order valence-corrected chi connectivity index (χ3v) is 9.33. The molecule has 0 bridgehead atoms. The van der Waals surface area contributed by atoms with Crippen molar-refractivity contribution in [1.82, 2.24) is 0 Å². The van der Waals surface area contributed by atoms with E-state index in [2.05, 4.69) is 0 Å². The second-order valence-corrected chi connectivity index (χ2v) is 12.2. The molecule has 0 saturated carbocycles. The van der Waals surface area contributed by atoms with E-state index < -0.39 is 44.1 Å². The molecule has 1 N–H and O–H groups in total. The van der Waals surface area contributed by atoms with Gasteiger partial charge in [0, 0.05) is 24.7 Å². The van der Waals surface area contributed by atoms with Crippen molar-refractivity contribution in [1.29, 1.82) is 0 Å². The molecular weight excluding hydrogens is 571 g/mol. The van der Waals surface area contributed by atoms with Crippen LogP contribution in [0.3, 0.4) is 0 Å². The van der Waals surface area contributed by atoms with Gasteiger partial charge in [0.05, 0.1) is 28.1 Å². The van der Waals surface area contributed by atoms with Crippen molar-refractivity contribution in [3.8, 4) is 16.9 Å². The zero-order valence-corrected chi connectivity index (χ0v) is 22.6. The van der Waals surface area contributed by atoms with Crippen molar-refractivity contribution in [2.75, 3.05) is 24.1 Å². The average molecular weight is 596 g/mol. The predicted molar refractivity (Wildman–Crippen MR) is 142 cm³/mol. The second-order valence-electron chi connectivity index (χ2n) is 9.90. The summed E-state index contributed by atoms with van der Waals surface area (Å²) in [4.78, 5) is 11.8. The maximum atomic E-state index is 13.9. The highest BCUT2D eigenvalue weighted by Gasteiger charge is 2.45. The first-order valence-electron chi connectivity index (χ1n) is 12.5. The Morgan fingerprint density at radius 2 is 1.73 bits per heavy atom. The van der Waals surface area contributed by atoms with Crippen LogP contribution in [-0.4, -0.2) is 45.4 Å². The number of carboxylic acids is 1. The highest BCUT2D eigenvalue weighted by molar-refractivity contribution is 7.92. The van der Waals surface area contributed by atoms with E-state index in [1.54, 1.807) is 42.5 Å². The number of carboxylic acid groups (broad SMARTS) is 1. The van der Waals surface area contributed by atoms with Gasteiger partial charge in [-0.1, -0.05) is 35.9 Å². The summed E-state index contributed by atoms with van der Waals surface area (Å²) in [5.74, 6) is -0.862. The summed E-state index contributed by atoms with van der Waals surface area (Å²) in [5, 5.41) is 10.5. The Labute approximate surface area is 234 Å². The Bertz CT molecular complexity index is 1540. The van der Waals surface area contributed by atoms with Gasteiger partial charge in [0.2, 0.25) is 0 Å². The molecule has 0 amide bonds. The predicted octanol–water partition coefficient (Wildman–Crippen LogP) is 6.25. The summed E-state index contributed by atoms with van der Waals surface area (Å²) in [6.07, 6.45) is -5.17. The number of aliphatic carboxylic acids is 1.